The van der Waals surface area contributed by atoms with Crippen LogP contribution in [0.2, 0.25) is 0 Å². The minimum atomic E-state index is -0.143. The van der Waals surface area contributed by atoms with Gasteiger partial charge >= 0.3 is 0 Å². The lowest BCUT2D eigenvalue weighted by Crippen LogP contribution is -2.47. The van der Waals surface area contributed by atoms with Crippen LogP contribution in [0.5, 0.6) is 0 Å². The minimum absolute atomic E-state index is 0.0366. The molecule has 0 fully saturated rings. The molecular weight excluding hydrogens is 512 g/mol. The fourth-order valence-electron chi connectivity index (χ4n) is 4.39. The third-order valence-corrected chi connectivity index (χ3v) is 7.50. The molecule has 5 nitrogen and oxygen atoms in total. The quantitative estimate of drug-likeness (QED) is 0.334. The standard InChI is InChI=1S/C27H29BrN2O3S/c1-2-33-16-7-14-29(27(32)21-10-6-11-22(28)18-21)19-25(31)30-15-12-24-23(13-17-34-24)26(30)20-8-4-3-5-9-20/h3-6,8-11,13,17-18,26H,2,7,12,14-16,19H2,1H3. The Morgan fingerprint density at radius 2 is 1.97 bits per heavy atom. The van der Waals surface area contributed by atoms with Crippen LogP contribution in [0.15, 0.2) is 70.5 Å². The van der Waals surface area contributed by atoms with Gasteiger partial charge in [-0.25, -0.2) is 0 Å². The Morgan fingerprint density at radius 1 is 1.15 bits per heavy atom. The number of hydrogen-bond donors (Lipinski definition) is 0. The fourth-order valence-corrected chi connectivity index (χ4v) is 5.70. The minimum Gasteiger partial charge on any atom is -0.382 e. The van der Waals surface area contributed by atoms with Crippen LogP contribution in [-0.2, 0) is 16.0 Å². The van der Waals surface area contributed by atoms with Crippen molar-refractivity contribution in [2.45, 2.75) is 25.8 Å². The number of fused-ring (bicyclic) bond motifs is 1. The summed E-state index contributed by atoms with van der Waals surface area (Å²) >= 11 is 5.20. The molecule has 1 aromatic heterocycles. The molecule has 0 radical (unpaired) electrons. The normalized spacial score (nSPS) is 15.1. The van der Waals surface area contributed by atoms with Crippen LogP contribution in [0.1, 0.15) is 45.7 Å². The predicted octanol–water partition coefficient (Wildman–Crippen LogP) is 5.55. The van der Waals surface area contributed by atoms with Gasteiger partial charge < -0.3 is 14.5 Å². The van der Waals surface area contributed by atoms with E-state index < -0.39 is 0 Å². The van der Waals surface area contributed by atoms with Crippen molar-refractivity contribution < 1.29 is 14.3 Å². The highest BCUT2D eigenvalue weighted by Gasteiger charge is 2.34. The highest BCUT2D eigenvalue weighted by atomic mass is 79.9. The van der Waals surface area contributed by atoms with Gasteiger partial charge in [-0.2, -0.15) is 0 Å². The first-order chi connectivity index (χ1) is 16.6. The fraction of sp³-hybridized carbons (Fsp3) is 0.333. The number of halogens is 1. The van der Waals surface area contributed by atoms with Gasteiger partial charge in [-0.1, -0.05) is 52.3 Å². The van der Waals surface area contributed by atoms with E-state index >= 15 is 0 Å². The average Bonchev–Trinajstić information content (AvgIpc) is 3.34. The summed E-state index contributed by atoms with van der Waals surface area (Å²) in [7, 11) is 0. The Balaban J connectivity index is 1.57. The molecular formula is C27H29BrN2O3S. The number of thiophene rings is 1. The van der Waals surface area contributed by atoms with Crippen molar-refractivity contribution in [2.75, 3.05) is 32.8 Å². The lowest BCUT2D eigenvalue weighted by Gasteiger charge is -2.37. The molecule has 0 saturated heterocycles. The maximum atomic E-state index is 13.7. The molecule has 0 N–H and O–H groups in total. The van der Waals surface area contributed by atoms with Crippen LogP contribution >= 0.6 is 27.3 Å². The summed E-state index contributed by atoms with van der Waals surface area (Å²) in [5, 5.41) is 2.10. The maximum Gasteiger partial charge on any atom is 0.254 e. The van der Waals surface area contributed by atoms with Gasteiger partial charge in [0, 0.05) is 41.2 Å². The van der Waals surface area contributed by atoms with Crippen molar-refractivity contribution in [1.29, 1.82) is 0 Å². The van der Waals surface area contributed by atoms with Crippen LogP contribution in [0.25, 0.3) is 0 Å². The second kappa shape index (κ2) is 11.8. The summed E-state index contributed by atoms with van der Waals surface area (Å²) < 4.78 is 6.31. The van der Waals surface area contributed by atoms with Gasteiger partial charge in [0.2, 0.25) is 5.91 Å². The second-order valence-corrected chi connectivity index (χ2v) is 10.2. The van der Waals surface area contributed by atoms with E-state index in [9.17, 15) is 9.59 Å². The highest BCUT2D eigenvalue weighted by Crippen LogP contribution is 2.37. The Morgan fingerprint density at radius 3 is 2.74 bits per heavy atom. The molecule has 178 valence electrons. The zero-order chi connectivity index (χ0) is 23.9. The van der Waals surface area contributed by atoms with E-state index in [1.165, 1.54) is 10.4 Å². The lowest BCUT2D eigenvalue weighted by molar-refractivity contribution is -0.134. The molecule has 1 atom stereocenters. The van der Waals surface area contributed by atoms with Crippen LogP contribution in [-0.4, -0.2) is 54.5 Å². The summed E-state index contributed by atoms with van der Waals surface area (Å²) in [5.74, 6) is -0.180. The number of amides is 2. The summed E-state index contributed by atoms with van der Waals surface area (Å²) in [4.78, 5) is 32.0. The molecule has 7 heteroatoms. The topological polar surface area (TPSA) is 49.9 Å². The number of carbonyl (C=O) groups excluding carboxylic acids is 2. The lowest BCUT2D eigenvalue weighted by atomic mass is 9.93. The number of rotatable bonds is 9. The Hall–Kier alpha value is -2.48. The Bertz CT molecular complexity index is 1120. The molecule has 1 unspecified atom stereocenters. The van der Waals surface area contributed by atoms with Crippen molar-refractivity contribution >= 4 is 39.1 Å². The second-order valence-electron chi connectivity index (χ2n) is 8.24. The molecule has 0 aliphatic carbocycles. The molecule has 0 saturated carbocycles. The van der Waals surface area contributed by atoms with E-state index in [4.69, 9.17) is 4.74 Å². The smallest absolute Gasteiger partial charge is 0.254 e. The molecule has 34 heavy (non-hydrogen) atoms. The van der Waals surface area contributed by atoms with Gasteiger partial charge in [0.05, 0.1) is 6.04 Å². The largest absolute Gasteiger partial charge is 0.382 e. The third kappa shape index (κ3) is 5.77. The Kier molecular flexibility index (Phi) is 8.53. The van der Waals surface area contributed by atoms with E-state index in [1.54, 1.807) is 28.4 Å². The van der Waals surface area contributed by atoms with Gasteiger partial charge in [0.1, 0.15) is 6.54 Å². The molecule has 3 aromatic rings. The van der Waals surface area contributed by atoms with E-state index in [0.717, 1.165) is 16.5 Å². The highest BCUT2D eigenvalue weighted by molar-refractivity contribution is 9.10. The number of carbonyl (C=O) groups is 2. The van der Waals surface area contributed by atoms with Gasteiger partial charge in [-0.15, -0.1) is 11.3 Å². The molecule has 2 amide bonds. The van der Waals surface area contributed by atoms with Crippen molar-refractivity contribution in [3.8, 4) is 0 Å². The van der Waals surface area contributed by atoms with E-state index in [1.807, 2.05) is 42.2 Å². The van der Waals surface area contributed by atoms with Crippen LogP contribution in [0, 0.1) is 0 Å². The van der Waals surface area contributed by atoms with Crippen LogP contribution in [0.3, 0.4) is 0 Å². The summed E-state index contributed by atoms with van der Waals surface area (Å²) in [6.07, 6.45) is 1.52. The van der Waals surface area contributed by atoms with E-state index in [0.29, 0.717) is 38.3 Å². The third-order valence-electron chi connectivity index (χ3n) is 6.01. The molecule has 0 bridgehead atoms. The number of ether oxygens (including phenoxy) is 1. The van der Waals surface area contributed by atoms with Crippen LogP contribution < -0.4 is 0 Å². The number of nitrogens with zero attached hydrogens (tertiary/aromatic N) is 2. The molecule has 4 rings (SSSR count). The zero-order valence-electron chi connectivity index (χ0n) is 19.3. The van der Waals surface area contributed by atoms with E-state index in [-0.39, 0.29) is 24.4 Å². The molecule has 1 aliphatic heterocycles. The monoisotopic (exact) mass is 540 g/mol. The van der Waals surface area contributed by atoms with Gasteiger partial charge in [0.15, 0.2) is 0 Å². The number of benzene rings is 2. The van der Waals surface area contributed by atoms with Crippen molar-refractivity contribution in [3.63, 3.8) is 0 Å². The summed E-state index contributed by atoms with van der Waals surface area (Å²) in [6.45, 7) is 4.29. The predicted molar refractivity (Wildman–Crippen MR) is 139 cm³/mol. The maximum absolute atomic E-state index is 13.7. The number of hydrogen-bond acceptors (Lipinski definition) is 4. The first-order valence-electron chi connectivity index (χ1n) is 11.6. The first-order valence-corrected chi connectivity index (χ1v) is 13.3. The first kappa shape index (κ1) is 24.6. The molecule has 1 aliphatic rings. The van der Waals surface area contributed by atoms with Crippen molar-refractivity contribution in [1.82, 2.24) is 9.80 Å². The zero-order valence-corrected chi connectivity index (χ0v) is 21.7. The molecule has 2 heterocycles. The van der Waals surface area contributed by atoms with Gasteiger partial charge in [-0.3, -0.25) is 9.59 Å². The Labute approximate surface area is 213 Å². The van der Waals surface area contributed by atoms with Crippen molar-refractivity contribution in [2.24, 2.45) is 0 Å². The van der Waals surface area contributed by atoms with Crippen molar-refractivity contribution in [3.05, 3.63) is 92.1 Å². The summed E-state index contributed by atoms with van der Waals surface area (Å²) in [5.41, 5.74) is 2.85. The van der Waals surface area contributed by atoms with Gasteiger partial charge in [0.25, 0.3) is 5.91 Å². The molecule has 2 aromatic carbocycles. The van der Waals surface area contributed by atoms with Crippen LogP contribution in [0.4, 0.5) is 0 Å². The van der Waals surface area contributed by atoms with Gasteiger partial charge in [-0.05, 0) is 60.5 Å². The molecule has 0 spiro atoms. The summed E-state index contributed by atoms with van der Waals surface area (Å²) in [6, 6.07) is 19.5. The average molecular weight is 542 g/mol. The SMILES string of the molecule is CCOCCCN(CC(=O)N1CCc2sccc2C1c1ccccc1)C(=O)c1cccc(Br)c1. The van der Waals surface area contributed by atoms with E-state index in [2.05, 4.69) is 39.5 Å².